The van der Waals surface area contributed by atoms with Gasteiger partial charge in [-0.15, -0.1) is 0 Å². The normalized spacial score (nSPS) is 27.2. The number of hydrogen-bond donors (Lipinski definition) is 5. The maximum atomic E-state index is 15.2. The maximum absolute atomic E-state index is 15.2. The lowest BCUT2D eigenvalue weighted by Crippen LogP contribution is -2.64. The highest BCUT2D eigenvalue weighted by Gasteiger charge is 2.47. The number of carbonyl (C=O) groups is 11. The summed E-state index contributed by atoms with van der Waals surface area (Å²) in [5, 5.41) is 35.1. The Hall–Kier alpha value is -6.73. The minimum atomic E-state index is -1.71. The average Bonchev–Trinajstić information content (AvgIpc) is 0.843. The molecule has 1 heterocycles. The number of hydrogen-bond acceptors (Lipinski definition) is 14. The lowest BCUT2D eigenvalue weighted by atomic mass is 9.91. The van der Waals surface area contributed by atoms with Gasteiger partial charge in [-0.2, -0.15) is 0 Å². The molecule has 1 rings (SSSR count). The molecular formula is C64H114N12O14. The first kappa shape index (κ1) is 81.3. The van der Waals surface area contributed by atoms with E-state index in [1.165, 1.54) is 82.8 Å². The van der Waals surface area contributed by atoms with Gasteiger partial charge in [0.25, 0.3) is 0 Å². The molecule has 0 aromatic rings. The molecule has 1 fully saturated rings. The van der Waals surface area contributed by atoms with E-state index in [0.29, 0.717) is 6.42 Å². The minimum Gasteiger partial charge on any atom is -0.390 e. The van der Waals surface area contributed by atoms with Crippen LogP contribution in [0.25, 0.3) is 0 Å². The van der Waals surface area contributed by atoms with Crippen molar-refractivity contribution < 1.29 is 62.8 Å². The summed E-state index contributed by atoms with van der Waals surface area (Å²) in [7, 11) is 9.51. The first-order chi connectivity index (χ1) is 41.6. The third kappa shape index (κ3) is 22.0. The van der Waals surface area contributed by atoms with Crippen molar-refractivity contribution in [2.45, 2.75) is 235 Å². The van der Waals surface area contributed by atoms with Gasteiger partial charge < -0.3 is 60.7 Å². The third-order valence-electron chi connectivity index (χ3n) is 17.4. The maximum Gasteiger partial charge on any atom is 0.246 e. The van der Waals surface area contributed by atoms with Crippen molar-refractivity contribution in [2.75, 3.05) is 55.9 Å². The Morgan fingerprint density at radius 2 is 0.911 bits per heavy atom. The van der Waals surface area contributed by atoms with Gasteiger partial charge in [0.15, 0.2) is 0 Å². The molecule has 26 heteroatoms. The van der Waals surface area contributed by atoms with Crippen LogP contribution in [0.1, 0.15) is 163 Å². The molecule has 0 saturated carbocycles. The van der Waals surface area contributed by atoms with Gasteiger partial charge in [-0.3, -0.25) is 62.9 Å². The zero-order valence-electron chi connectivity index (χ0n) is 58.6. The molecule has 11 amide bonds. The van der Waals surface area contributed by atoms with E-state index >= 15 is 19.2 Å². The van der Waals surface area contributed by atoms with E-state index in [4.69, 9.17) is 0 Å². The number of amides is 11. The summed E-state index contributed by atoms with van der Waals surface area (Å²) in [4.78, 5) is 182. The fourth-order valence-electron chi connectivity index (χ4n) is 11.5. The molecule has 1 unspecified atom stereocenters. The van der Waals surface area contributed by atoms with Crippen LogP contribution in [-0.2, 0) is 52.7 Å². The van der Waals surface area contributed by atoms with Crippen molar-refractivity contribution in [3.05, 3.63) is 22.3 Å². The standard InChI is InChI=1S/C64H114N12O14/c1-25-28-29-41(15)53(77)52-57(81)67-44(27-3)59(83)69(18)45(30-31-76(89)90)60(84)74(23)51(40(14)26-2)56(80)68-49(38(10)11)63(87)70(19)46(32-35(4)5)55(79)65-42(16)54(78)66-43(17)58(82)71(20)47(33-36(6)7)61(85)72(21)48(34-37(8)9)62(86)73(22)50(39(12)13)64(88)75(52)24/h25,28,35-53,77H,26-27,29-34H2,1-24H3,(H,65,79)(H,66,78)(H,67,81)(H,68,80)/b28-25+/t40?,41-,42+,43-,44+,45-,46+,47+,48+,49+,50+,51+,52+,53-/m1/s1. The first-order valence-electron chi connectivity index (χ1n) is 32.1. The summed E-state index contributed by atoms with van der Waals surface area (Å²) >= 11 is 0. The third-order valence-corrected chi connectivity index (χ3v) is 17.4. The predicted octanol–water partition coefficient (Wildman–Crippen LogP) is 3.30. The number of nitrogens with zero attached hydrogens (tertiary/aromatic N) is 8. The van der Waals surface area contributed by atoms with E-state index in [1.54, 1.807) is 74.5 Å². The highest BCUT2D eigenvalue weighted by molar-refractivity contribution is 6.00. The monoisotopic (exact) mass is 1270 g/mol. The second-order valence-corrected chi connectivity index (χ2v) is 26.8. The molecular weight excluding hydrogens is 1160 g/mol. The molecule has 1 aliphatic heterocycles. The van der Waals surface area contributed by atoms with Gasteiger partial charge in [0.05, 0.1) is 6.10 Å². The Labute approximate surface area is 536 Å². The van der Waals surface area contributed by atoms with Gasteiger partial charge in [0.1, 0.15) is 66.5 Å². The summed E-state index contributed by atoms with van der Waals surface area (Å²) in [5.41, 5.74) is 0. The van der Waals surface area contributed by atoms with Crippen LogP contribution in [-0.4, -0.2) is 238 Å². The largest absolute Gasteiger partial charge is 0.390 e. The van der Waals surface area contributed by atoms with Crippen LogP contribution in [0.4, 0.5) is 0 Å². The number of aliphatic hydroxyl groups is 1. The second-order valence-electron chi connectivity index (χ2n) is 26.8. The van der Waals surface area contributed by atoms with Gasteiger partial charge in [0, 0.05) is 60.7 Å². The lowest BCUT2D eigenvalue weighted by molar-refractivity contribution is -0.481. The smallest absolute Gasteiger partial charge is 0.246 e. The van der Waals surface area contributed by atoms with Crippen LogP contribution in [0.5, 0.6) is 0 Å². The van der Waals surface area contributed by atoms with Crippen LogP contribution in [0.3, 0.4) is 0 Å². The molecule has 5 N–H and O–H groups in total. The predicted molar refractivity (Wildman–Crippen MR) is 344 cm³/mol. The number of nitro groups is 1. The molecule has 1 saturated heterocycles. The highest BCUT2D eigenvalue weighted by Crippen LogP contribution is 2.26. The van der Waals surface area contributed by atoms with Gasteiger partial charge in [0.2, 0.25) is 71.5 Å². The zero-order chi connectivity index (χ0) is 69.8. The quantitative estimate of drug-likeness (QED) is 0.0748. The summed E-state index contributed by atoms with van der Waals surface area (Å²) < 4.78 is 0. The molecule has 0 spiro atoms. The molecule has 0 radical (unpaired) electrons. The fraction of sp³-hybridized carbons (Fsp3) is 0.797. The van der Waals surface area contributed by atoms with Crippen molar-refractivity contribution >= 4 is 65.0 Å². The Morgan fingerprint density at radius 1 is 0.489 bits per heavy atom. The van der Waals surface area contributed by atoms with Gasteiger partial charge >= 0.3 is 0 Å². The molecule has 514 valence electrons. The van der Waals surface area contributed by atoms with Crippen LogP contribution >= 0.6 is 0 Å². The van der Waals surface area contributed by atoms with Crippen LogP contribution in [0, 0.1) is 51.5 Å². The molecule has 0 aromatic heterocycles. The van der Waals surface area contributed by atoms with Crippen molar-refractivity contribution in [1.29, 1.82) is 0 Å². The second kappa shape index (κ2) is 36.9. The number of allylic oxidation sites excluding steroid dienone is 2. The summed E-state index contributed by atoms with van der Waals surface area (Å²) in [6.07, 6.45) is 2.21. The van der Waals surface area contributed by atoms with Gasteiger partial charge in [-0.1, -0.05) is 116 Å². The SMILES string of the molecule is C/C=C/C[C@@H](C)[C@@H](O)[C@H]1C(=O)N[C@@H](CC)C(=O)N(C)[C@H](CC[N+](=O)[O-])C(=O)N(C)[C@@H](C(C)CC)C(=O)N[C@@H](C(C)C)C(=O)N(C)[C@@H](CC(C)C)C(=O)N[C@@H](C)C(=O)N[C@H](C)C(=O)N(C)[C@@H](CC(C)C)C(=O)N(C)[C@@H](CC(C)C)C(=O)N(C)[C@@H](C(C)C)C(=O)N1C. The Bertz CT molecular complexity index is 2510. The van der Waals surface area contributed by atoms with E-state index in [-0.39, 0.29) is 49.9 Å². The minimum absolute atomic E-state index is 0.109. The number of nitrogens with one attached hydrogen (secondary N) is 4. The van der Waals surface area contributed by atoms with Gasteiger partial charge in [-0.25, -0.2) is 0 Å². The first-order valence-corrected chi connectivity index (χ1v) is 32.1. The summed E-state index contributed by atoms with van der Waals surface area (Å²) in [6, 6.07) is -14.8. The van der Waals surface area contributed by atoms with Crippen LogP contribution in [0.15, 0.2) is 12.2 Å². The van der Waals surface area contributed by atoms with Gasteiger partial charge in [-0.05, 0) is 94.3 Å². The summed E-state index contributed by atoms with van der Waals surface area (Å²) in [6.45, 7) is 28.3. The van der Waals surface area contributed by atoms with E-state index in [2.05, 4.69) is 21.3 Å². The number of likely N-dealkylation sites (N-methyl/N-ethyl adjacent to an activating group) is 7. The lowest BCUT2D eigenvalue weighted by Gasteiger charge is -2.41. The topological polar surface area (TPSA) is 322 Å². The number of aliphatic hydroxyl groups excluding tert-OH is 1. The molecule has 0 aliphatic carbocycles. The van der Waals surface area contributed by atoms with Crippen molar-refractivity contribution in [3.8, 4) is 0 Å². The van der Waals surface area contributed by atoms with Crippen molar-refractivity contribution in [1.82, 2.24) is 55.6 Å². The average molecular weight is 1280 g/mol. The van der Waals surface area contributed by atoms with E-state index < -0.39 is 179 Å². The Morgan fingerprint density at radius 3 is 1.37 bits per heavy atom. The van der Waals surface area contributed by atoms with E-state index in [9.17, 15) is 48.8 Å². The number of carbonyl (C=O) groups excluding carboxylic acids is 11. The molecule has 0 bridgehead atoms. The van der Waals surface area contributed by atoms with E-state index in [1.807, 2.05) is 41.5 Å². The van der Waals surface area contributed by atoms with Crippen molar-refractivity contribution in [2.24, 2.45) is 41.4 Å². The molecule has 26 nitrogen and oxygen atoms in total. The summed E-state index contributed by atoms with van der Waals surface area (Å²) in [5.74, 6) is -11.5. The van der Waals surface area contributed by atoms with Crippen molar-refractivity contribution in [3.63, 3.8) is 0 Å². The molecule has 90 heavy (non-hydrogen) atoms. The molecule has 0 aromatic carbocycles. The van der Waals surface area contributed by atoms with Crippen LogP contribution < -0.4 is 21.3 Å². The Kier molecular flexibility index (Phi) is 33.4. The number of rotatable bonds is 18. The molecule has 14 atom stereocenters. The zero-order valence-corrected chi connectivity index (χ0v) is 58.6. The molecule has 1 aliphatic rings. The fourth-order valence-corrected chi connectivity index (χ4v) is 11.5. The highest BCUT2D eigenvalue weighted by atomic mass is 16.6. The van der Waals surface area contributed by atoms with E-state index in [0.717, 1.165) is 14.7 Å². The Balaban J connectivity index is 4.52. The van der Waals surface area contributed by atoms with Crippen LogP contribution in [0.2, 0.25) is 0 Å².